The van der Waals surface area contributed by atoms with Crippen LogP contribution >= 0.6 is 0 Å². The highest BCUT2D eigenvalue weighted by Gasteiger charge is 2.51. The molecule has 0 N–H and O–H groups in total. The molecule has 0 amide bonds. The van der Waals surface area contributed by atoms with E-state index >= 15 is 0 Å². The molecule has 1 aliphatic rings. The van der Waals surface area contributed by atoms with Crippen molar-refractivity contribution in [3.05, 3.63) is 35.9 Å². The molecule has 1 aliphatic heterocycles. The number of rotatable bonds is 6. The van der Waals surface area contributed by atoms with Crippen molar-refractivity contribution in [2.24, 2.45) is 0 Å². The second kappa shape index (κ2) is 4.95. The average molecular weight is 222 g/mol. The van der Waals surface area contributed by atoms with Gasteiger partial charge in [0.1, 0.15) is 12.9 Å². The normalized spacial score (nSPS) is 28.0. The Kier molecular flexibility index (Phi) is 3.59. The second-order valence-corrected chi connectivity index (χ2v) is 4.36. The zero-order chi connectivity index (χ0) is 11.4. The van der Waals surface area contributed by atoms with Crippen LogP contribution in [0.1, 0.15) is 12.5 Å². The average Bonchev–Trinajstić information content (AvgIpc) is 2.91. The van der Waals surface area contributed by atoms with Gasteiger partial charge in [0.05, 0.1) is 12.2 Å². The van der Waals surface area contributed by atoms with Crippen molar-refractivity contribution in [3.63, 3.8) is 0 Å². The van der Waals surface area contributed by atoms with Crippen LogP contribution in [0.25, 0.3) is 0 Å². The molecule has 0 spiro atoms. The summed E-state index contributed by atoms with van der Waals surface area (Å²) in [5, 5.41) is 0. The number of methoxy groups -OCH3 is 1. The van der Waals surface area contributed by atoms with Crippen molar-refractivity contribution in [2.75, 3.05) is 20.5 Å². The van der Waals surface area contributed by atoms with Crippen molar-refractivity contribution >= 4 is 0 Å². The first-order valence-corrected chi connectivity index (χ1v) is 5.53. The van der Waals surface area contributed by atoms with Crippen LogP contribution in [0.2, 0.25) is 0 Å². The minimum atomic E-state index is -0.0604. The van der Waals surface area contributed by atoms with Crippen molar-refractivity contribution in [2.45, 2.75) is 25.0 Å². The summed E-state index contributed by atoms with van der Waals surface area (Å²) >= 11 is 0. The third-order valence-electron chi connectivity index (χ3n) is 2.90. The summed E-state index contributed by atoms with van der Waals surface area (Å²) in [7, 11) is 1.62. The molecule has 88 valence electrons. The first-order chi connectivity index (χ1) is 7.74. The molecule has 3 nitrogen and oxygen atoms in total. The minimum Gasteiger partial charge on any atom is -0.363 e. The van der Waals surface area contributed by atoms with Gasteiger partial charge in [-0.2, -0.15) is 0 Å². The fourth-order valence-corrected chi connectivity index (χ4v) is 1.90. The van der Waals surface area contributed by atoms with Crippen molar-refractivity contribution in [1.82, 2.24) is 0 Å². The molecule has 0 unspecified atom stereocenters. The Morgan fingerprint density at radius 2 is 2.06 bits per heavy atom. The van der Waals surface area contributed by atoms with Crippen LogP contribution in [0.15, 0.2) is 30.3 Å². The van der Waals surface area contributed by atoms with Gasteiger partial charge in [0.25, 0.3) is 0 Å². The summed E-state index contributed by atoms with van der Waals surface area (Å²) in [6.45, 7) is 3.07. The van der Waals surface area contributed by atoms with Gasteiger partial charge >= 0.3 is 0 Å². The molecule has 0 radical (unpaired) electrons. The zero-order valence-corrected chi connectivity index (χ0v) is 9.81. The zero-order valence-electron chi connectivity index (χ0n) is 9.81. The molecule has 1 heterocycles. The van der Waals surface area contributed by atoms with Crippen LogP contribution in [-0.2, 0) is 20.6 Å². The highest BCUT2D eigenvalue weighted by molar-refractivity contribution is 5.20. The van der Waals surface area contributed by atoms with Crippen LogP contribution in [0.3, 0.4) is 0 Å². The van der Waals surface area contributed by atoms with Gasteiger partial charge in [0.15, 0.2) is 0 Å². The first-order valence-electron chi connectivity index (χ1n) is 5.53. The third kappa shape index (κ3) is 2.82. The van der Waals surface area contributed by atoms with Crippen LogP contribution in [-0.4, -0.2) is 32.2 Å². The maximum Gasteiger partial charge on any atom is 0.146 e. The lowest BCUT2D eigenvalue weighted by Gasteiger charge is -2.06. The predicted octanol–water partition coefficient (Wildman–Crippen LogP) is 2.01. The lowest BCUT2D eigenvalue weighted by molar-refractivity contribution is -0.0352. The molecular weight excluding hydrogens is 204 g/mol. The molecule has 0 aromatic heterocycles. The molecule has 2 rings (SSSR count). The van der Waals surface area contributed by atoms with Gasteiger partial charge in [0.2, 0.25) is 0 Å². The van der Waals surface area contributed by atoms with Crippen molar-refractivity contribution in [3.8, 4) is 0 Å². The summed E-state index contributed by atoms with van der Waals surface area (Å²) in [4.78, 5) is 0. The highest BCUT2D eigenvalue weighted by atomic mass is 16.7. The smallest absolute Gasteiger partial charge is 0.146 e. The van der Waals surface area contributed by atoms with Crippen molar-refractivity contribution < 1.29 is 14.2 Å². The van der Waals surface area contributed by atoms with E-state index in [4.69, 9.17) is 14.2 Å². The van der Waals surface area contributed by atoms with Gasteiger partial charge in [-0.3, -0.25) is 0 Å². The Morgan fingerprint density at radius 1 is 1.31 bits per heavy atom. The van der Waals surface area contributed by atoms with E-state index in [1.54, 1.807) is 7.11 Å². The van der Waals surface area contributed by atoms with E-state index < -0.39 is 0 Å². The molecule has 0 saturated carbocycles. The minimum absolute atomic E-state index is 0.0604. The van der Waals surface area contributed by atoms with Crippen LogP contribution in [0.5, 0.6) is 0 Å². The van der Waals surface area contributed by atoms with E-state index in [1.807, 2.05) is 6.07 Å². The van der Waals surface area contributed by atoms with E-state index in [0.717, 1.165) is 6.42 Å². The summed E-state index contributed by atoms with van der Waals surface area (Å²) in [5.74, 6) is 0. The molecule has 16 heavy (non-hydrogen) atoms. The first kappa shape index (κ1) is 11.6. The third-order valence-corrected chi connectivity index (χ3v) is 2.90. The summed E-state index contributed by atoms with van der Waals surface area (Å²) in [6, 6.07) is 10.4. The Balaban J connectivity index is 1.79. The van der Waals surface area contributed by atoms with Crippen LogP contribution in [0.4, 0.5) is 0 Å². The monoisotopic (exact) mass is 222 g/mol. The molecule has 1 aromatic carbocycles. The maximum absolute atomic E-state index is 5.67. The van der Waals surface area contributed by atoms with E-state index in [2.05, 4.69) is 31.2 Å². The Bertz CT molecular complexity index is 325. The maximum atomic E-state index is 5.67. The van der Waals surface area contributed by atoms with Gasteiger partial charge in [-0.15, -0.1) is 0 Å². The molecule has 1 aromatic rings. The summed E-state index contributed by atoms with van der Waals surface area (Å²) in [5.41, 5.74) is 1.24. The van der Waals surface area contributed by atoms with E-state index in [0.29, 0.717) is 13.4 Å². The van der Waals surface area contributed by atoms with E-state index in [9.17, 15) is 0 Å². The summed E-state index contributed by atoms with van der Waals surface area (Å²) < 4.78 is 15.8. The van der Waals surface area contributed by atoms with Gasteiger partial charge in [-0.1, -0.05) is 30.3 Å². The number of epoxide rings is 1. The second-order valence-electron chi connectivity index (χ2n) is 4.36. The number of ether oxygens (including phenoxy) is 3. The van der Waals surface area contributed by atoms with Crippen LogP contribution in [0, 0.1) is 0 Å². The fourth-order valence-electron chi connectivity index (χ4n) is 1.90. The molecule has 1 fully saturated rings. The van der Waals surface area contributed by atoms with E-state index in [1.165, 1.54) is 5.56 Å². The summed E-state index contributed by atoms with van der Waals surface area (Å²) in [6.07, 6.45) is 1.14. The Hall–Kier alpha value is -0.900. The largest absolute Gasteiger partial charge is 0.363 e. The highest BCUT2D eigenvalue weighted by Crippen LogP contribution is 2.39. The Morgan fingerprint density at radius 3 is 2.75 bits per heavy atom. The fraction of sp³-hybridized carbons (Fsp3) is 0.538. The molecule has 0 bridgehead atoms. The topological polar surface area (TPSA) is 31.0 Å². The molecular formula is C13H18O3. The SMILES string of the molecule is COCOC[C@H]1O[C@]1(C)Cc1ccccc1. The van der Waals surface area contributed by atoms with Gasteiger partial charge in [-0.25, -0.2) is 0 Å². The van der Waals surface area contributed by atoms with Gasteiger partial charge < -0.3 is 14.2 Å². The molecule has 2 atom stereocenters. The standard InChI is InChI=1S/C13H18O3/c1-13(8-11-6-4-3-5-7-11)12(16-13)9-15-10-14-2/h3-7,12H,8-10H2,1-2H3/t12-,13-/m1/s1. The molecule has 3 heteroatoms. The van der Waals surface area contributed by atoms with Crippen LogP contribution < -0.4 is 0 Å². The molecule has 1 saturated heterocycles. The van der Waals surface area contributed by atoms with Gasteiger partial charge in [-0.05, 0) is 12.5 Å². The predicted molar refractivity (Wildman–Crippen MR) is 61.3 cm³/mol. The quantitative estimate of drug-likeness (QED) is 0.419. The molecule has 0 aliphatic carbocycles. The Labute approximate surface area is 96.3 Å². The van der Waals surface area contributed by atoms with Crippen molar-refractivity contribution in [1.29, 1.82) is 0 Å². The number of hydrogen-bond donors (Lipinski definition) is 0. The van der Waals surface area contributed by atoms with E-state index in [-0.39, 0.29) is 11.7 Å². The number of benzene rings is 1. The number of hydrogen-bond acceptors (Lipinski definition) is 3. The lowest BCUT2D eigenvalue weighted by Crippen LogP contribution is -2.17. The van der Waals surface area contributed by atoms with Gasteiger partial charge in [0, 0.05) is 13.5 Å². The lowest BCUT2D eigenvalue weighted by atomic mass is 9.98.